The fraction of sp³-hybridized carbons (Fsp3) is 0.364. The predicted molar refractivity (Wildman–Crippen MR) is 160 cm³/mol. The molecule has 3 aromatic carbocycles. The molecule has 4 N–H and O–H groups in total. The number of alkyl carbamates (subject to hydrolysis) is 1. The Labute approximate surface area is 247 Å². The van der Waals surface area contributed by atoms with Crippen molar-refractivity contribution in [2.75, 3.05) is 6.61 Å². The number of hydrogen-bond donors (Lipinski definition) is 4. The van der Waals surface area contributed by atoms with E-state index in [0.717, 1.165) is 16.7 Å². The van der Waals surface area contributed by atoms with Gasteiger partial charge >= 0.3 is 12.1 Å². The van der Waals surface area contributed by atoms with Gasteiger partial charge in [-0.25, -0.2) is 4.79 Å². The Morgan fingerprint density at radius 2 is 1.29 bits per heavy atom. The molecule has 0 heterocycles. The minimum Gasteiger partial charge on any atom is -0.465 e. The first kappa shape index (κ1) is 32.3. The number of amides is 2. The largest absolute Gasteiger partial charge is 0.465 e. The third kappa shape index (κ3) is 10.3. The van der Waals surface area contributed by atoms with E-state index in [9.17, 15) is 19.5 Å². The van der Waals surface area contributed by atoms with Gasteiger partial charge in [0, 0.05) is 6.54 Å². The summed E-state index contributed by atoms with van der Waals surface area (Å²) in [7, 11) is 0. The maximum absolute atomic E-state index is 13.6. The van der Waals surface area contributed by atoms with Crippen LogP contribution in [0.1, 0.15) is 37.5 Å². The fourth-order valence-electron chi connectivity index (χ4n) is 4.46. The highest BCUT2D eigenvalue weighted by Crippen LogP contribution is 2.14. The molecular formula is C33H41N3O6. The first-order valence-corrected chi connectivity index (χ1v) is 14.2. The number of carbonyl (C=O) groups excluding carboxylic acids is 3. The lowest BCUT2D eigenvalue weighted by Crippen LogP contribution is -2.60. The van der Waals surface area contributed by atoms with E-state index in [1.165, 1.54) is 0 Å². The van der Waals surface area contributed by atoms with Gasteiger partial charge in [-0.15, -0.1) is 0 Å². The van der Waals surface area contributed by atoms with Crippen LogP contribution in [-0.4, -0.2) is 53.9 Å². The van der Waals surface area contributed by atoms with Crippen LogP contribution in [0.3, 0.4) is 0 Å². The normalized spacial score (nSPS) is 13.8. The first-order chi connectivity index (χ1) is 20.3. The summed E-state index contributed by atoms with van der Waals surface area (Å²) in [6, 6.07) is 25.1. The summed E-state index contributed by atoms with van der Waals surface area (Å²) in [4.78, 5) is 39.2. The number of aliphatic hydroxyl groups is 1. The van der Waals surface area contributed by atoms with Gasteiger partial charge in [-0.1, -0.05) is 105 Å². The van der Waals surface area contributed by atoms with E-state index in [0.29, 0.717) is 6.54 Å². The Balaban J connectivity index is 1.77. The lowest BCUT2D eigenvalue weighted by molar-refractivity contribution is -0.150. The average molecular weight is 576 g/mol. The van der Waals surface area contributed by atoms with E-state index in [1.807, 2.05) is 91.0 Å². The van der Waals surface area contributed by atoms with Crippen molar-refractivity contribution < 1.29 is 29.0 Å². The van der Waals surface area contributed by atoms with Crippen LogP contribution >= 0.6 is 0 Å². The Morgan fingerprint density at radius 3 is 1.83 bits per heavy atom. The molecule has 0 spiro atoms. The molecule has 4 atom stereocenters. The van der Waals surface area contributed by atoms with E-state index in [-0.39, 0.29) is 25.6 Å². The second-order valence-electron chi connectivity index (χ2n) is 10.3. The van der Waals surface area contributed by atoms with E-state index in [1.54, 1.807) is 20.8 Å². The minimum absolute atomic E-state index is 0.0583. The van der Waals surface area contributed by atoms with Crippen LogP contribution in [0.5, 0.6) is 0 Å². The summed E-state index contributed by atoms with van der Waals surface area (Å²) in [5.41, 5.74) is 2.59. The van der Waals surface area contributed by atoms with Crippen molar-refractivity contribution in [3.8, 4) is 0 Å². The number of aliphatic hydroxyl groups excluding tert-OH is 1. The molecule has 9 nitrogen and oxygen atoms in total. The van der Waals surface area contributed by atoms with Crippen molar-refractivity contribution >= 4 is 18.0 Å². The van der Waals surface area contributed by atoms with Gasteiger partial charge in [0.05, 0.1) is 12.6 Å². The van der Waals surface area contributed by atoms with Gasteiger partial charge in [0.15, 0.2) is 0 Å². The topological polar surface area (TPSA) is 126 Å². The van der Waals surface area contributed by atoms with Gasteiger partial charge < -0.3 is 25.2 Å². The Kier molecular flexibility index (Phi) is 13.0. The molecule has 3 rings (SSSR count). The Bertz CT molecular complexity index is 1240. The van der Waals surface area contributed by atoms with Gasteiger partial charge in [-0.3, -0.25) is 14.9 Å². The second kappa shape index (κ2) is 16.9. The molecule has 0 saturated heterocycles. The van der Waals surface area contributed by atoms with Crippen LogP contribution in [0, 0.1) is 5.92 Å². The van der Waals surface area contributed by atoms with Gasteiger partial charge in [0.1, 0.15) is 24.8 Å². The van der Waals surface area contributed by atoms with Crippen molar-refractivity contribution in [2.45, 2.75) is 64.6 Å². The number of esters is 1. The maximum atomic E-state index is 13.6. The van der Waals surface area contributed by atoms with Crippen molar-refractivity contribution in [1.82, 2.24) is 16.0 Å². The highest BCUT2D eigenvalue weighted by atomic mass is 16.5. The van der Waals surface area contributed by atoms with E-state index in [2.05, 4.69) is 16.0 Å². The summed E-state index contributed by atoms with van der Waals surface area (Å²) in [6.45, 7) is 5.78. The summed E-state index contributed by atoms with van der Waals surface area (Å²) >= 11 is 0. The van der Waals surface area contributed by atoms with Gasteiger partial charge in [-0.2, -0.15) is 0 Å². The summed E-state index contributed by atoms with van der Waals surface area (Å²) in [5, 5.41) is 20.2. The molecule has 3 aromatic rings. The molecule has 9 heteroatoms. The third-order valence-corrected chi connectivity index (χ3v) is 6.72. The third-order valence-electron chi connectivity index (χ3n) is 6.72. The molecule has 0 aliphatic carbocycles. The van der Waals surface area contributed by atoms with Crippen LogP contribution in [0.2, 0.25) is 0 Å². The zero-order valence-electron chi connectivity index (χ0n) is 24.4. The Hall–Kier alpha value is -4.21. The van der Waals surface area contributed by atoms with Crippen molar-refractivity contribution in [3.63, 3.8) is 0 Å². The predicted octanol–water partition coefficient (Wildman–Crippen LogP) is 3.75. The Morgan fingerprint density at radius 1 is 0.738 bits per heavy atom. The number of carbonyl (C=O) groups is 3. The zero-order chi connectivity index (χ0) is 30.3. The van der Waals surface area contributed by atoms with E-state index < -0.39 is 42.2 Å². The molecule has 0 aromatic heterocycles. The lowest BCUT2D eigenvalue weighted by atomic mass is 9.94. The van der Waals surface area contributed by atoms with Gasteiger partial charge in [0.2, 0.25) is 5.91 Å². The lowest BCUT2D eigenvalue weighted by Gasteiger charge is -2.32. The fourth-order valence-corrected chi connectivity index (χ4v) is 4.46. The van der Waals surface area contributed by atoms with Gasteiger partial charge in [0.25, 0.3) is 0 Å². The molecule has 0 saturated carbocycles. The van der Waals surface area contributed by atoms with Gasteiger partial charge in [-0.05, 0) is 36.0 Å². The van der Waals surface area contributed by atoms with E-state index >= 15 is 0 Å². The summed E-state index contributed by atoms with van der Waals surface area (Å²) < 4.78 is 10.6. The summed E-state index contributed by atoms with van der Waals surface area (Å²) in [5.74, 6) is -1.43. The maximum Gasteiger partial charge on any atom is 0.408 e. The van der Waals surface area contributed by atoms with Crippen LogP contribution in [-0.2, 0) is 38.6 Å². The smallest absolute Gasteiger partial charge is 0.408 e. The van der Waals surface area contributed by atoms with Crippen LogP contribution in [0.25, 0.3) is 0 Å². The molecule has 2 unspecified atom stereocenters. The number of benzene rings is 3. The number of ether oxygens (including phenoxy) is 2. The summed E-state index contributed by atoms with van der Waals surface area (Å²) in [6.07, 6.45) is -1.85. The van der Waals surface area contributed by atoms with Crippen LogP contribution in [0.4, 0.5) is 4.79 Å². The first-order valence-electron chi connectivity index (χ1n) is 14.2. The van der Waals surface area contributed by atoms with Crippen molar-refractivity contribution in [2.24, 2.45) is 5.92 Å². The standard InChI is InChI=1S/C33H41N3O6/c1-4-41-32(39)29(34-21-25-16-10-6-11-17-25)30(37)27(20-24-14-8-5-9-15-24)35-31(38)28(23(2)3)36-33(40)42-22-26-18-12-7-13-19-26/h5-19,23,27-30,34,37H,4,20-22H2,1-3H3,(H,35,38)(H,36,40)/t27-,28-,29?,30?/m0/s1. The molecule has 2 amide bonds. The molecule has 0 bridgehead atoms. The van der Waals surface area contributed by atoms with Crippen molar-refractivity contribution in [3.05, 3.63) is 108 Å². The molecule has 0 aliphatic rings. The molecule has 0 fully saturated rings. The molecule has 0 radical (unpaired) electrons. The molecular weight excluding hydrogens is 534 g/mol. The SMILES string of the molecule is CCOC(=O)C(NCc1ccccc1)C(O)[C@H](Cc1ccccc1)NC(=O)[C@@H](NC(=O)OCc1ccccc1)C(C)C. The highest BCUT2D eigenvalue weighted by molar-refractivity contribution is 5.86. The van der Waals surface area contributed by atoms with E-state index in [4.69, 9.17) is 9.47 Å². The molecule has 0 aliphatic heterocycles. The second-order valence-corrected chi connectivity index (χ2v) is 10.3. The minimum atomic E-state index is -1.35. The molecule has 42 heavy (non-hydrogen) atoms. The quantitative estimate of drug-likeness (QED) is 0.203. The van der Waals surface area contributed by atoms with Crippen LogP contribution in [0.15, 0.2) is 91.0 Å². The number of hydrogen-bond acceptors (Lipinski definition) is 7. The van der Waals surface area contributed by atoms with Crippen molar-refractivity contribution in [1.29, 1.82) is 0 Å². The average Bonchev–Trinajstić information content (AvgIpc) is 3.00. The van der Waals surface area contributed by atoms with Crippen LogP contribution < -0.4 is 16.0 Å². The highest BCUT2D eigenvalue weighted by Gasteiger charge is 2.36. The number of rotatable bonds is 15. The monoisotopic (exact) mass is 575 g/mol. The molecule has 224 valence electrons. The number of nitrogens with one attached hydrogen (secondary N) is 3. The zero-order valence-corrected chi connectivity index (χ0v) is 24.4.